The molecule has 0 rings (SSSR count). The number of rotatable bonds is 8. The van der Waals surface area contributed by atoms with Gasteiger partial charge < -0.3 is 10.4 Å². The van der Waals surface area contributed by atoms with Crippen LogP contribution in [0.3, 0.4) is 0 Å². The Bertz CT molecular complexity index is 325. The van der Waals surface area contributed by atoms with Crippen molar-refractivity contribution in [3.05, 3.63) is 0 Å². The maximum Gasteiger partial charge on any atom is 0.303 e. The lowest BCUT2D eigenvalue weighted by Crippen LogP contribution is -2.49. The number of hydrogen-bond acceptors (Lipinski definition) is 4. The number of hydrogen-bond donors (Lipinski definition) is 2. The number of nitrogens with one attached hydrogen (secondary N) is 1. The van der Waals surface area contributed by atoms with Crippen molar-refractivity contribution in [2.45, 2.75) is 52.2 Å². The number of amides is 2. The van der Waals surface area contributed by atoms with Crippen LogP contribution >= 0.6 is 0 Å². The maximum absolute atomic E-state index is 11.9. The molecular formula is C12H22N2O5. The number of carboxylic acids is 1. The van der Waals surface area contributed by atoms with Gasteiger partial charge in [0, 0.05) is 13.0 Å². The molecule has 0 heterocycles. The highest BCUT2D eigenvalue weighted by Crippen LogP contribution is 2.14. The molecule has 1 atom stereocenters. The third-order valence-corrected chi connectivity index (χ3v) is 2.08. The molecule has 7 nitrogen and oxygen atoms in total. The molecule has 2 N–H and O–H groups in total. The van der Waals surface area contributed by atoms with Gasteiger partial charge in [-0.1, -0.05) is 0 Å². The molecule has 0 aromatic carbocycles. The molecule has 0 saturated heterocycles. The Morgan fingerprint density at radius 1 is 1.42 bits per heavy atom. The second-order valence-corrected chi connectivity index (χ2v) is 5.01. The maximum atomic E-state index is 11.9. The van der Waals surface area contributed by atoms with E-state index in [-0.39, 0.29) is 12.8 Å². The summed E-state index contributed by atoms with van der Waals surface area (Å²) >= 11 is 0. The van der Waals surface area contributed by atoms with Crippen LogP contribution in [0.1, 0.15) is 40.5 Å². The molecule has 0 aliphatic rings. The molecule has 2 amide bonds. The fraction of sp³-hybridized carbons (Fsp3) is 0.750. The lowest BCUT2D eigenvalue weighted by atomic mass is 10.1. The standard InChI is InChI=1S/C12H22N2O5/c1-5-13-11(18)9(6-7-10(16)17)14(8-15)19-12(2,3)4/h8-9H,5-7H2,1-4H3,(H,13,18)(H,16,17)/t9-/m0/s1. The number of carbonyl (C=O) groups excluding carboxylic acids is 2. The summed E-state index contributed by atoms with van der Waals surface area (Å²) < 4.78 is 0. The number of hydroxylamine groups is 2. The number of carboxylic acid groups (broad SMARTS) is 1. The fourth-order valence-electron chi connectivity index (χ4n) is 1.40. The smallest absolute Gasteiger partial charge is 0.303 e. The Labute approximate surface area is 112 Å². The van der Waals surface area contributed by atoms with Gasteiger partial charge in [-0.05, 0) is 34.1 Å². The zero-order valence-corrected chi connectivity index (χ0v) is 11.8. The zero-order chi connectivity index (χ0) is 15.1. The van der Waals surface area contributed by atoms with E-state index in [4.69, 9.17) is 9.94 Å². The first-order valence-corrected chi connectivity index (χ1v) is 6.13. The van der Waals surface area contributed by atoms with Crippen molar-refractivity contribution >= 4 is 18.3 Å². The van der Waals surface area contributed by atoms with Gasteiger partial charge in [0.1, 0.15) is 6.04 Å². The molecule has 0 fully saturated rings. The van der Waals surface area contributed by atoms with E-state index in [2.05, 4.69) is 5.32 Å². The first-order valence-electron chi connectivity index (χ1n) is 6.13. The van der Waals surface area contributed by atoms with Crippen LogP contribution in [-0.2, 0) is 19.2 Å². The molecule has 0 aromatic rings. The van der Waals surface area contributed by atoms with Crippen LogP contribution in [-0.4, -0.2) is 46.6 Å². The molecular weight excluding hydrogens is 252 g/mol. The SMILES string of the molecule is CCNC(=O)[C@H](CCC(=O)O)N(C=O)OC(C)(C)C. The van der Waals surface area contributed by atoms with Crippen molar-refractivity contribution in [1.82, 2.24) is 10.4 Å². The average molecular weight is 274 g/mol. The van der Waals surface area contributed by atoms with Crippen LogP contribution < -0.4 is 5.32 Å². The highest BCUT2D eigenvalue weighted by Gasteiger charge is 2.29. The third kappa shape index (κ3) is 7.40. The number of aliphatic carboxylic acids is 1. The summed E-state index contributed by atoms with van der Waals surface area (Å²) in [4.78, 5) is 38.9. The minimum atomic E-state index is -1.03. The van der Waals surface area contributed by atoms with E-state index in [1.54, 1.807) is 27.7 Å². The Morgan fingerprint density at radius 3 is 2.37 bits per heavy atom. The predicted octanol–water partition coefficient (Wildman–Crippen LogP) is 0.544. The van der Waals surface area contributed by atoms with Gasteiger partial charge in [-0.2, -0.15) is 0 Å². The van der Waals surface area contributed by atoms with E-state index in [0.29, 0.717) is 13.0 Å². The van der Waals surface area contributed by atoms with Crippen LogP contribution in [0.2, 0.25) is 0 Å². The van der Waals surface area contributed by atoms with Crippen LogP contribution in [0.25, 0.3) is 0 Å². The van der Waals surface area contributed by atoms with Crippen molar-refractivity contribution in [3.63, 3.8) is 0 Å². The van der Waals surface area contributed by atoms with E-state index in [1.807, 2.05) is 0 Å². The molecule has 0 aromatic heterocycles. The summed E-state index contributed by atoms with van der Waals surface area (Å²) in [5.74, 6) is -1.46. The van der Waals surface area contributed by atoms with Crippen molar-refractivity contribution in [3.8, 4) is 0 Å². The Morgan fingerprint density at radius 2 is 2.00 bits per heavy atom. The average Bonchev–Trinajstić information content (AvgIpc) is 2.26. The molecule has 0 unspecified atom stereocenters. The van der Waals surface area contributed by atoms with E-state index in [1.165, 1.54) is 0 Å². The van der Waals surface area contributed by atoms with E-state index in [0.717, 1.165) is 5.06 Å². The summed E-state index contributed by atoms with van der Waals surface area (Å²) in [5.41, 5.74) is -0.658. The second-order valence-electron chi connectivity index (χ2n) is 5.01. The Kier molecular flexibility index (Phi) is 7.06. The van der Waals surface area contributed by atoms with Crippen molar-refractivity contribution in [1.29, 1.82) is 0 Å². The quantitative estimate of drug-likeness (QED) is 0.497. The largest absolute Gasteiger partial charge is 0.481 e. The molecule has 0 aliphatic carbocycles. The van der Waals surface area contributed by atoms with Gasteiger partial charge in [0.25, 0.3) is 0 Å². The minimum absolute atomic E-state index is 0.00398. The number of carbonyl (C=O) groups is 3. The molecule has 7 heteroatoms. The zero-order valence-electron chi connectivity index (χ0n) is 11.8. The van der Waals surface area contributed by atoms with Crippen molar-refractivity contribution in [2.24, 2.45) is 0 Å². The number of likely N-dealkylation sites (N-methyl/N-ethyl adjacent to an activating group) is 1. The Balaban J connectivity index is 4.89. The monoisotopic (exact) mass is 274 g/mol. The summed E-state index contributed by atoms with van der Waals surface area (Å²) in [6.45, 7) is 7.33. The van der Waals surface area contributed by atoms with E-state index in [9.17, 15) is 14.4 Å². The molecule has 19 heavy (non-hydrogen) atoms. The van der Waals surface area contributed by atoms with E-state index < -0.39 is 23.5 Å². The lowest BCUT2D eigenvalue weighted by Gasteiger charge is -2.31. The third-order valence-electron chi connectivity index (χ3n) is 2.08. The van der Waals surface area contributed by atoms with Crippen molar-refractivity contribution in [2.75, 3.05) is 6.54 Å². The molecule has 0 radical (unpaired) electrons. The van der Waals surface area contributed by atoms with Crippen LogP contribution in [0.4, 0.5) is 0 Å². The van der Waals surface area contributed by atoms with E-state index >= 15 is 0 Å². The van der Waals surface area contributed by atoms with Gasteiger partial charge in [0.2, 0.25) is 12.3 Å². The van der Waals surface area contributed by atoms with Gasteiger partial charge in [-0.25, -0.2) is 5.06 Å². The van der Waals surface area contributed by atoms with Gasteiger partial charge in [-0.15, -0.1) is 0 Å². The summed E-state index contributed by atoms with van der Waals surface area (Å²) in [5, 5.41) is 12.1. The van der Waals surface area contributed by atoms with Crippen LogP contribution in [0.15, 0.2) is 0 Å². The molecule has 0 bridgehead atoms. The normalized spacial score (nSPS) is 12.6. The molecule has 0 spiro atoms. The molecule has 0 aliphatic heterocycles. The summed E-state index contributed by atoms with van der Waals surface area (Å²) in [6, 6.07) is -0.951. The van der Waals surface area contributed by atoms with Gasteiger partial charge in [0.15, 0.2) is 0 Å². The first-order chi connectivity index (χ1) is 8.71. The van der Waals surface area contributed by atoms with Crippen LogP contribution in [0, 0.1) is 0 Å². The van der Waals surface area contributed by atoms with Crippen molar-refractivity contribution < 1.29 is 24.3 Å². The lowest BCUT2D eigenvalue weighted by molar-refractivity contribution is -0.231. The first kappa shape index (κ1) is 17.4. The summed E-state index contributed by atoms with van der Waals surface area (Å²) in [7, 11) is 0. The minimum Gasteiger partial charge on any atom is -0.481 e. The number of nitrogens with zero attached hydrogens (tertiary/aromatic N) is 1. The topological polar surface area (TPSA) is 95.9 Å². The summed E-state index contributed by atoms with van der Waals surface area (Å²) in [6.07, 6.45) is 0.169. The fourth-order valence-corrected chi connectivity index (χ4v) is 1.40. The van der Waals surface area contributed by atoms with Gasteiger partial charge in [-0.3, -0.25) is 19.2 Å². The Hall–Kier alpha value is -1.63. The van der Waals surface area contributed by atoms with Crippen LogP contribution in [0.5, 0.6) is 0 Å². The molecule has 0 saturated carbocycles. The van der Waals surface area contributed by atoms with Gasteiger partial charge in [0.05, 0.1) is 5.60 Å². The predicted molar refractivity (Wildman–Crippen MR) is 68.1 cm³/mol. The molecule has 110 valence electrons. The van der Waals surface area contributed by atoms with Gasteiger partial charge >= 0.3 is 5.97 Å². The highest BCUT2D eigenvalue weighted by atomic mass is 16.7. The second kappa shape index (κ2) is 7.73. The highest BCUT2D eigenvalue weighted by molar-refractivity contribution is 5.83.